The number of amides is 2. The van der Waals surface area contributed by atoms with E-state index in [2.05, 4.69) is 5.32 Å². The fourth-order valence-electron chi connectivity index (χ4n) is 3.24. The van der Waals surface area contributed by atoms with Gasteiger partial charge in [0, 0.05) is 12.7 Å². The lowest BCUT2D eigenvalue weighted by Crippen LogP contribution is -2.47. The molecule has 0 saturated heterocycles. The summed E-state index contributed by atoms with van der Waals surface area (Å²) in [6.45, 7) is 5.98. The largest absolute Gasteiger partial charge is 0.485 e. The van der Waals surface area contributed by atoms with Crippen LogP contribution in [0.15, 0.2) is 36.4 Å². The van der Waals surface area contributed by atoms with Crippen molar-refractivity contribution in [1.82, 2.24) is 4.90 Å². The molecule has 2 aromatic carbocycles. The monoisotopic (exact) mass is 368 g/mol. The third kappa shape index (κ3) is 4.22. The summed E-state index contributed by atoms with van der Waals surface area (Å²) in [7, 11) is 1.58. The lowest BCUT2D eigenvalue weighted by Gasteiger charge is -2.28. The first-order valence-corrected chi connectivity index (χ1v) is 8.86. The Labute approximate surface area is 159 Å². The maximum atomic E-state index is 12.6. The number of carbonyl (C=O) groups excluding carboxylic acids is 2. The van der Waals surface area contributed by atoms with Crippen molar-refractivity contribution in [2.75, 3.05) is 25.5 Å². The van der Waals surface area contributed by atoms with Crippen LogP contribution in [0.25, 0.3) is 0 Å². The van der Waals surface area contributed by atoms with Crippen molar-refractivity contribution < 1.29 is 19.1 Å². The van der Waals surface area contributed by atoms with E-state index in [4.69, 9.17) is 9.47 Å². The minimum absolute atomic E-state index is 0.0624. The lowest BCUT2D eigenvalue weighted by molar-refractivity contribution is -0.141. The zero-order valence-electron chi connectivity index (χ0n) is 16.0. The zero-order chi connectivity index (χ0) is 19.6. The maximum absolute atomic E-state index is 12.6. The molecule has 142 valence electrons. The van der Waals surface area contributed by atoms with Crippen molar-refractivity contribution in [3.8, 4) is 11.5 Å². The van der Waals surface area contributed by atoms with Gasteiger partial charge in [-0.05, 0) is 44.0 Å². The lowest BCUT2D eigenvalue weighted by atomic mass is 10.1. The van der Waals surface area contributed by atoms with Crippen molar-refractivity contribution in [1.29, 1.82) is 0 Å². The van der Waals surface area contributed by atoms with E-state index < -0.39 is 6.10 Å². The van der Waals surface area contributed by atoms with E-state index in [1.54, 1.807) is 19.2 Å². The summed E-state index contributed by atoms with van der Waals surface area (Å²) in [5.74, 6) is 0.605. The highest BCUT2D eigenvalue weighted by molar-refractivity contribution is 5.96. The average Bonchev–Trinajstić information content (AvgIpc) is 2.63. The van der Waals surface area contributed by atoms with E-state index in [9.17, 15) is 9.59 Å². The Hall–Kier alpha value is -3.02. The normalized spacial score (nSPS) is 15.2. The van der Waals surface area contributed by atoms with Gasteiger partial charge in [0.15, 0.2) is 11.5 Å². The van der Waals surface area contributed by atoms with Gasteiger partial charge in [-0.2, -0.15) is 0 Å². The Bertz CT molecular complexity index is 855. The summed E-state index contributed by atoms with van der Waals surface area (Å²) in [6.07, 6.45) is -0.763. The van der Waals surface area contributed by atoms with Gasteiger partial charge >= 0.3 is 0 Å². The molecule has 0 unspecified atom stereocenters. The average molecular weight is 368 g/mol. The second kappa shape index (κ2) is 7.70. The van der Waals surface area contributed by atoms with Crippen LogP contribution in [-0.4, -0.2) is 43.0 Å². The van der Waals surface area contributed by atoms with Gasteiger partial charge in [-0.3, -0.25) is 9.59 Å². The smallest absolute Gasteiger partial charge is 0.267 e. The maximum Gasteiger partial charge on any atom is 0.267 e. The first-order valence-electron chi connectivity index (χ1n) is 8.86. The summed E-state index contributed by atoms with van der Waals surface area (Å²) in [5.41, 5.74) is 3.92. The molecular weight excluding hydrogens is 344 g/mol. The van der Waals surface area contributed by atoms with Gasteiger partial charge in [-0.25, -0.2) is 0 Å². The molecule has 0 spiro atoms. The van der Waals surface area contributed by atoms with Crippen molar-refractivity contribution in [2.24, 2.45) is 0 Å². The van der Waals surface area contributed by atoms with E-state index in [1.165, 1.54) is 4.90 Å². The SMILES string of the molecule is Cc1cc(C)c(NC(=O)CN(C)C(=O)[C@H]2COc3ccccc3O2)c(C)c1. The molecule has 1 N–H and O–H groups in total. The molecule has 2 aromatic rings. The summed E-state index contributed by atoms with van der Waals surface area (Å²) in [6, 6.07) is 11.2. The predicted molar refractivity (Wildman–Crippen MR) is 103 cm³/mol. The number of benzene rings is 2. The number of nitrogens with zero attached hydrogens (tertiary/aromatic N) is 1. The Morgan fingerprint density at radius 1 is 1.11 bits per heavy atom. The Balaban J connectivity index is 1.61. The number of hydrogen-bond donors (Lipinski definition) is 1. The number of nitrogens with one attached hydrogen (secondary N) is 1. The van der Waals surface area contributed by atoms with Crippen molar-refractivity contribution in [2.45, 2.75) is 26.9 Å². The fourth-order valence-corrected chi connectivity index (χ4v) is 3.24. The number of likely N-dealkylation sites (N-methyl/N-ethyl adjacent to an activating group) is 1. The Kier molecular flexibility index (Phi) is 5.35. The van der Waals surface area contributed by atoms with Crippen LogP contribution in [0.1, 0.15) is 16.7 Å². The first kappa shape index (κ1) is 18.8. The van der Waals surface area contributed by atoms with Gasteiger partial charge in [0.2, 0.25) is 12.0 Å². The van der Waals surface area contributed by atoms with Gasteiger partial charge in [0.1, 0.15) is 6.61 Å². The van der Waals surface area contributed by atoms with Crippen molar-refractivity contribution in [3.63, 3.8) is 0 Å². The minimum atomic E-state index is -0.763. The molecular formula is C21H24N2O4. The third-order valence-corrected chi connectivity index (χ3v) is 4.48. The highest BCUT2D eigenvalue weighted by Crippen LogP contribution is 2.31. The summed E-state index contributed by atoms with van der Waals surface area (Å²) < 4.78 is 11.3. The highest BCUT2D eigenvalue weighted by atomic mass is 16.6. The molecule has 0 aromatic heterocycles. The Morgan fingerprint density at radius 2 is 1.74 bits per heavy atom. The molecule has 1 heterocycles. The molecule has 6 heteroatoms. The van der Waals surface area contributed by atoms with Gasteiger partial charge in [0.25, 0.3) is 5.91 Å². The van der Waals surface area contributed by atoms with Crippen LogP contribution in [0.3, 0.4) is 0 Å². The molecule has 0 aliphatic carbocycles. The van der Waals surface area contributed by atoms with Crippen molar-refractivity contribution >= 4 is 17.5 Å². The summed E-state index contributed by atoms with van der Waals surface area (Å²) >= 11 is 0. The molecule has 1 aliphatic rings. The second-order valence-corrected chi connectivity index (χ2v) is 6.88. The van der Waals surface area contributed by atoms with E-state index in [0.717, 1.165) is 22.4 Å². The topological polar surface area (TPSA) is 67.9 Å². The molecule has 27 heavy (non-hydrogen) atoms. The molecule has 2 amide bonds. The van der Waals surface area contributed by atoms with Crippen LogP contribution in [0.2, 0.25) is 0 Å². The Morgan fingerprint density at radius 3 is 2.41 bits per heavy atom. The molecule has 1 aliphatic heterocycles. The molecule has 0 bridgehead atoms. The van der Waals surface area contributed by atoms with Crippen LogP contribution in [0.5, 0.6) is 11.5 Å². The first-order chi connectivity index (χ1) is 12.8. The number of hydrogen-bond acceptors (Lipinski definition) is 4. The van der Waals surface area contributed by atoms with Gasteiger partial charge in [0.05, 0.1) is 6.54 Å². The summed E-state index contributed by atoms with van der Waals surface area (Å²) in [5, 5.41) is 2.91. The van der Waals surface area contributed by atoms with E-state index in [-0.39, 0.29) is 25.0 Å². The van der Waals surface area contributed by atoms with E-state index in [0.29, 0.717) is 11.5 Å². The number of anilines is 1. The molecule has 6 nitrogen and oxygen atoms in total. The second-order valence-electron chi connectivity index (χ2n) is 6.88. The fraction of sp³-hybridized carbons (Fsp3) is 0.333. The number of carbonyl (C=O) groups is 2. The van der Waals surface area contributed by atoms with Crippen LogP contribution in [0, 0.1) is 20.8 Å². The van der Waals surface area contributed by atoms with Crippen molar-refractivity contribution in [3.05, 3.63) is 53.1 Å². The van der Waals surface area contributed by atoms with Gasteiger partial charge < -0.3 is 19.7 Å². The minimum Gasteiger partial charge on any atom is -0.485 e. The van der Waals surface area contributed by atoms with Crippen LogP contribution < -0.4 is 14.8 Å². The summed E-state index contributed by atoms with van der Waals surface area (Å²) in [4.78, 5) is 26.4. The van der Waals surface area contributed by atoms with Crippen LogP contribution >= 0.6 is 0 Å². The predicted octanol–water partition coefficient (Wildman–Crippen LogP) is 2.85. The zero-order valence-corrected chi connectivity index (χ0v) is 16.0. The van der Waals surface area contributed by atoms with Crippen LogP contribution in [-0.2, 0) is 9.59 Å². The van der Waals surface area contributed by atoms with Gasteiger partial charge in [-0.15, -0.1) is 0 Å². The van der Waals surface area contributed by atoms with E-state index >= 15 is 0 Å². The quantitative estimate of drug-likeness (QED) is 0.901. The third-order valence-electron chi connectivity index (χ3n) is 4.48. The number of aryl methyl sites for hydroxylation is 3. The van der Waals surface area contributed by atoms with E-state index in [1.807, 2.05) is 45.0 Å². The number of fused-ring (bicyclic) bond motifs is 1. The number of para-hydroxylation sites is 2. The van der Waals surface area contributed by atoms with Crippen LogP contribution in [0.4, 0.5) is 5.69 Å². The molecule has 3 rings (SSSR count). The molecule has 0 fully saturated rings. The standard InChI is InChI=1S/C21H24N2O4/c1-13-9-14(2)20(15(3)10-13)22-19(24)11-23(4)21(25)18-12-26-16-7-5-6-8-17(16)27-18/h5-10,18H,11-12H2,1-4H3,(H,22,24)/t18-/m1/s1. The van der Waals surface area contributed by atoms with Gasteiger partial charge in [-0.1, -0.05) is 29.8 Å². The number of ether oxygens (including phenoxy) is 2. The molecule has 1 atom stereocenters. The molecule has 0 radical (unpaired) electrons. The highest BCUT2D eigenvalue weighted by Gasteiger charge is 2.30. The molecule has 0 saturated carbocycles. The number of rotatable bonds is 4.